The number of amides is 1. The van der Waals surface area contributed by atoms with Crippen LogP contribution in [0.15, 0.2) is 47.5 Å². The number of likely N-dealkylation sites (tertiary alicyclic amines) is 1. The summed E-state index contributed by atoms with van der Waals surface area (Å²) in [7, 11) is 0. The fourth-order valence-electron chi connectivity index (χ4n) is 4.29. The van der Waals surface area contributed by atoms with E-state index in [0.29, 0.717) is 46.7 Å². The number of carbonyl (C=O) groups is 1. The number of hydrogen-bond donors (Lipinski definition) is 2. The second-order valence-electron chi connectivity index (χ2n) is 8.29. The van der Waals surface area contributed by atoms with Gasteiger partial charge in [0.05, 0.1) is 12.6 Å². The number of amidine groups is 1. The molecule has 0 aromatic heterocycles. The average molecular weight is 472 g/mol. The van der Waals surface area contributed by atoms with E-state index in [4.69, 9.17) is 34.3 Å². The zero-order valence-corrected chi connectivity index (χ0v) is 19.4. The normalized spacial score (nSPS) is 19.1. The first kappa shape index (κ1) is 22.8. The summed E-state index contributed by atoms with van der Waals surface area (Å²) < 4.78 is 0. The molecule has 3 N–H and O–H groups in total. The molecule has 4 rings (SSSR count). The topological polar surface area (TPSA) is 85.8 Å². The quantitative estimate of drug-likeness (QED) is 0.617. The highest BCUT2D eigenvalue weighted by molar-refractivity contribution is 6.33. The number of nitrogens with two attached hydrogens (primary N) is 1. The third kappa shape index (κ3) is 5.14. The summed E-state index contributed by atoms with van der Waals surface area (Å²) in [6, 6.07) is 12.5. The molecule has 32 heavy (non-hydrogen) atoms. The van der Waals surface area contributed by atoms with Crippen molar-refractivity contribution in [3.63, 3.8) is 0 Å². The minimum atomic E-state index is -0.197. The zero-order valence-electron chi connectivity index (χ0n) is 17.9. The highest BCUT2D eigenvalue weighted by Gasteiger charge is 2.28. The summed E-state index contributed by atoms with van der Waals surface area (Å²) in [4.78, 5) is 21.1. The summed E-state index contributed by atoms with van der Waals surface area (Å²) >= 11 is 12.5. The van der Waals surface area contributed by atoms with Crippen LogP contribution in [0.2, 0.25) is 10.0 Å². The molecule has 6 nitrogen and oxygen atoms in total. The minimum Gasteiger partial charge on any atom is -0.386 e. The lowest BCUT2D eigenvalue weighted by Gasteiger charge is -2.34. The van der Waals surface area contributed by atoms with Crippen LogP contribution in [0.25, 0.3) is 0 Å². The van der Waals surface area contributed by atoms with Crippen molar-refractivity contribution in [3.8, 4) is 0 Å². The predicted molar refractivity (Wildman–Crippen MR) is 130 cm³/mol. The van der Waals surface area contributed by atoms with Gasteiger partial charge in [-0.05, 0) is 54.3 Å². The number of carbonyl (C=O) groups excluding carboxylic acids is 1. The van der Waals surface area contributed by atoms with E-state index in [9.17, 15) is 4.79 Å². The molecule has 2 aliphatic heterocycles. The maximum absolute atomic E-state index is 12.6. The molecule has 1 atom stereocenters. The first-order valence-electron chi connectivity index (χ1n) is 10.9. The van der Waals surface area contributed by atoms with E-state index >= 15 is 0 Å². The Kier molecular flexibility index (Phi) is 7.13. The Hall–Kier alpha value is -2.41. The number of rotatable bonds is 6. The Bertz CT molecular complexity index is 1030. The molecular weight excluding hydrogens is 445 g/mol. The second kappa shape index (κ2) is 10.0. The molecule has 2 aromatic rings. The van der Waals surface area contributed by atoms with Crippen LogP contribution in [0.1, 0.15) is 40.7 Å². The number of nitrogens with one attached hydrogen (secondary N) is 1. The molecule has 1 fully saturated rings. The molecule has 2 aliphatic rings. The fourth-order valence-corrected chi connectivity index (χ4v) is 4.66. The van der Waals surface area contributed by atoms with Gasteiger partial charge in [0.2, 0.25) is 0 Å². The average Bonchev–Trinajstić information content (AvgIpc) is 3.33. The molecule has 0 spiro atoms. The van der Waals surface area contributed by atoms with Crippen molar-refractivity contribution in [2.75, 3.05) is 26.2 Å². The van der Waals surface area contributed by atoms with Gasteiger partial charge < -0.3 is 16.0 Å². The van der Waals surface area contributed by atoms with Crippen LogP contribution >= 0.6 is 23.2 Å². The fraction of sp³-hybridized carbons (Fsp3) is 0.375. The molecule has 2 aromatic carbocycles. The molecule has 8 heteroatoms. The van der Waals surface area contributed by atoms with Gasteiger partial charge in [0.15, 0.2) is 0 Å². The van der Waals surface area contributed by atoms with E-state index < -0.39 is 0 Å². The first-order valence-corrected chi connectivity index (χ1v) is 11.6. The smallest absolute Gasteiger partial charge is 0.253 e. The van der Waals surface area contributed by atoms with E-state index in [-0.39, 0.29) is 11.9 Å². The third-order valence-electron chi connectivity index (χ3n) is 6.12. The maximum Gasteiger partial charge on any atom is 0.253 e. The van der Waals surface area contributed by atoms with Gasteiger partial charge in [0.25, 0.3) is 5.91 Å². The van der Waals surface area contributed by atoms with Crippen molar-refractivity contribution in [1.29, 1.82) is 5.41 Å². The van der Waals surface area contributed by atoms with E-state index in [1.807, 2.05) is 35.2 Å². The van der Waals surface area contributed by atoms with Crippen LogP contribution < -0.4 is 5.73 Å². The van der Waals surface area contributed by atoms with Gasteiger partial charge in [0, 0.05) is 53.9 Å². The summed E-state index contributed by atoms with van der Waals surface area (Å²) in [5.41, 5.74) is 9.08. The highest BCUT2D eigenvalue weighted by Crippen LogP contribution is 2.25. The minimum absolute atomic E-state index is 0.0637. The van der Waals surface area contributed by atoms with Gasteiger partial charge in [-0.2, -0.15) is 0 Å². The van der Waals surface area contributed by atoms with Crippen LogP contribution in [-0.2, 0) is 6.54 Å². The SMILES string of the molecule is N=C(CC1C(N)=NCCN1Cc1cc(Cl)ccc1Cl)c1ccc(C(=O)N2CCCC2)cc1. The van der Waals surface area contributed by atoms with Crippen LogP contribution in [-0.4, -0.2) is 59.5 Å². The number of halogens is 2. The molecule has 0 aliphatic carbocycles. The summed E-state index contributed by atoms with van der Waals surface area (Å²) in [6.45, 7) is 3.56. The Morgan fingerprint density at radius 3 is 2.47 bits per heavy atom. The largest absolute Gasteiger partial charge is 0.386 e. The van der Waals surface area contributed by atoms with Crippen LogP contribution in [0.4, 0.5) is 0 Å². The van der Waals surface area contributed by atoms with Gasteiger partial charge >= 0.3 is 0 Å². The standard InChI is InChI=1S/C24H27Cl2N5O/c25-19-7-8-20(26)18(13-19)15-31-12-9-29-23(28)22(31)14-21(27)16-3-5-17(6-4-16)24(32)30-10-1-2-11-30/h3-8,13,22,27H,1-2,9-12,14-15H2,(H2,28,29). The first-order chi connectivity index (χ1) is 15.4. The predicted octanol–water partition coefficient (Wildman–Crippen LogP) is 4.23. The lowest BCUT2D eigenvalue weighted by Crippen LogP contribution is -2.49. The molecule has 0 radical (unpaired) electrons. The van der Waals surface area contributed by atoms with Crippen molar-refractivity contribution in [2.45, 2.75) is 31.8 Å². The third-order valence-corrected chi connectivity index (χ3v) is 6.72. The molecule has 1 unspecified atom stereocenters. The number of nitrogens with zero attached hydrogens (tertiary/aromatic N) is 3. The van der Waals surface area contributed by atoms with Crippen molar-refractivity contribution < 1.29 is 4.79 Å². The maximum atomic E-state index is 12.6. The van der Waals surface area contributed by atoms with E-state index in [1.165, 1.54) is 0 Å². The van der Waals surface area contributed by atoms with Crippen LogP contribution in [0.3, 0.4) is 0 Å². The van der Waals surface area contributed by atoms with E-state index in [0.717, 1.165) is 43.6 Å². The van der Waals surface area contributed by atoms with Crippen LogP contribution in [0, 0.1) is 5.41 Å². The molecule has 0 saturated carbocycles. The summed E-state index contributed by atoms with van der Waals surface area (Å²) in [6.07, 6.45) is 2.55. The van der Waals surface area contributed by atoms with Crippen molar-refractivity contribution in [2.24, 2.45) is 10.7 Å². The van der Waals surface area contributed by atoms with E-state index in [2.05, 4.69) is 9.89 Å². The Morgan fingerprint density at radius 2 is 1.75 bits per heavy atom. The number of hydrogen-bond acceptors (Lipinski definition) is 5. The lowest BCUT2D eigenvalue weighted by molar-refractivity contribution is 0.0793. The summed E-state index contributed by atoms with van der Waals surface area (Å²) in [5.74, 6) is 0.591. The molecule has 168 valence electrons. The van der Waals surface area contributed by atoms with Gasteiger partial charge in [-0.25, -0.2) is 0 Å². The monoisotopic (exact) mass is 471 g/mol. The Morgan fingerprint density at radius 1 is 1.06 bits per heavy atom. The molecule has 0 bridgehead atoms. The van der Waals surface area contributed by atoms with Gasteiger partial charge in [-0.3, -0.25) is 14.7 Å². The molecule has 2 heterocycles. The molecule has 1 saturated heterocycles. The lowest BCUT2D eigenvalue weighted by atomic mass is 9.98. The molecular formula is C24H27Cl2N5O. The highest BCUT2D eigenvalue weighted by atomic mass is 35.5. The van der Waals surface area contributed by atoms with Crippen molar-refractivity contribution in [3.05, 3.63) is 69.2 Å². The van der Waals surface area contributed by atoms with Gasteiger partial charge in [0.1, 0.15) is 5.84 Å². The van der Waals surface area contributed by atoms with Gasteiger partial charge in [-0.15, -0.1) is 0 Å². The number of aliphatic imine (C=N–C) groups is 1. The van der Waals surface area contributed by atoms with Crippen LogP contribution in [0.5, 0.6) is 0 Å². The zero-order chi connectivity index (χ0) is 22.7. The second-order valence-corrected chi connectivity index (χ2v) is 9.13. The Balaban J connectivity index is 1.46. The van der Waals surface area contributed by atoms with Gasteiger partial charge in [-0.1, -0.05) is 35.3 Å². The molecule has 1 amide bonds. The van der Waals surface area contributed by atoms with Crippen molar-refractivity contribution in [1.82, 2.24) is 9.80 Å². The van der Waals surface area contributed by atoms with E-state index in [1.54, 1.807) is 12.1 Å². The Labute approximate surface area is 198 Å². The number of benzene rings is 2. The van der Waals surface area contributed by atoms with Crippen molar-refractivity contribution >= 4 is 40.7 Å². The summed E-state index contributed by atoms with van der Waals surface area (Å²) in [5, 5.41) is 9.96.